The van der Waals surface area contributed by atoms with Crippen LogP contribution in [0.15, 0.2) is 59.8 Å². The van der Waals surface area contributed by atoms with E-state index in [0.717, 1.165) is 10.6 Å². The van der Waals surface area contributed by atoms with Crippen LogP contribution in [0, 0.1) is 5.82 Å². The van der Waals surface area contributed by atoms with Crippen LogP contribution < -0.4 is 0 Å². The topological polar surface area (TPSA) is 77.2 Å². The van der Waals surface area contributed by atoms with Gasteiger partial charge in [-0.2, -0.15) is 18.3 Å². The molecule has 0 aliphatic carbocycles. The fourth-order valence-electron chi connectivity index (χ4n) is 2.98. The van der Waals surface area contributed by atoms with Crippen LogP contribution in [0.2, 0.25) is 0 Å². The maximum Gasteiger partial charge on any atom is 0.435 e. The second-order valence-corrected chi connectivity index (χ2v) is 8.87. The summed E-state index contributed by atoms with van der Waals surface area (Å²) < 4.78 is 78.4. The fourth-order valence-corrected chi connectivity index (χ4v) is 4.05. The van der Waals surface area contributed by atoms with Crippen molar-refractivity contribution in [3.05, 3.63) is 66.4 Å². The zero-order chi connectivity index (χ0) is 22.4. The van der Waals surface area contributed by atoms with Crippen molar-refractivity contribution in [2.75, 3.05) is 5.75 Å². The van der Waals surface area contributed by atoms with Crippen LogP contribution >= 0.6 is 0 Å². The first-order valence-corrected chi connectivity index (χ1v) is 10.7. The molecule has 0 radical (unpaired) electrons. The van der Waals surface area contributed by atoms with Crippen LogP contribution in [0.25, 0.3) is 28.2 Å². The molecule has 0 unspecified atom stereocenters. The van der Waals surface area contributed by atoms with Crippen molar-refractivity contribution in [2.45, 2.75) is 18.0 Å². The number of benzene rings is 1. The molecule has 3 heterocycles. The highest BCUT2D eigenvalue weighted by molar-refractivity contribution is 7.91. The quantitative estimate of drug-likeness (QED) is 0.431. The van der Waals surface area contributed by atoms with Gasteiger partial charge in [0.15, 0.2) is 21.2 Å². The largest absolute Gasteiger partial charge is 0.435 e. The van der Waals surface area contributed by atoms with Crippen LogP contribution in [-0.2, 0) is 16.0 Å². The minimum Gasteiger partial charge on any atom is -0.253 e. The molecule has 0 saturated carbocycles. The number of aromatic nitrogens is 4. The maximum atomic E-state index is 13.2. The van der Waals surface area contributed by atoms with Crippen molar-refractivity contribution in [2.24, 2.45) is 0 Å². The second kappa shape index (κ2) is 7.41. The van der Waals surface area contributed by atoms with E-state index in [0.29, 0.717) is 11.1 Å². The van der Waals surface area contributed by atoms with E-state index < -0.39 is 27.5 Å². The van der Waals surface area contributed by atoms with E-state index in [1.807, 2.05) is 0 Å². The highest BCUT2D eigenvalue weighted by Gasteiger charge is 2.34. The van der Waals surface area contributed by atoms with E-state index in [4.69, 9.17) is 0 Å². The standard InChI is InChI=1S/C20H14F4N4O2S/c1-2-31(29,30)16-9-13(12-3-5-14(21)6-4-12)11-25-19(16)15-7-8-28-18(26-15)10-17(27-28)20(22,23)24/h3-11H,2H2,1H3. The van der Waals surface area contributed by atoms with Gasteiger partial charge in [0.1, 0.15) is 11.5 Å². The summed E-state index contributed by atoms with van der Waals surface area (Å²) in [5.74, 6) is -0.659. The molecule has 3 aromatic heterocycles. The number of pyridine rings is 1. The van der Waals surface area contributed by atoms with Gasteiger partial charge in [-0.1, -0.05) is 19.1 Å². The molecule has 160 valence electrons. The van der Waals surface area contributed by atoms with Crippen molar-refractivity contribution in [1.29, 1.82) is 0 Å². The van der Waals surface area contributed by atoms with Gasteiger partial charge in [0, 0.05) is 24.0 Å². The Hall–Kier alpha value is -3.34. The van der Waals surface area contributed by atoms with E-state index in [9.17, 15) is 26.0 Å². The number of hydrogen-bond acceptors (Lipinski definition) is 5. The van der Waals surface area contributed by atoms with E-state index in [1.54, 1.807) is 0 Å². The van der Waals surface area contributed by atoms with Gasteiger partial charge in [-0.3, -0.25) is 4.98 Å². The molecular weight excluding hydrogens is 436 g/mol. The van der Waals surface area contributed by atoms with Gasteiger partial charge in [-0.05, 0) is 29.8 Å². The van der Waals surface area contributed by atoms with Gasteiger partial charge in [0.05, 0.1) is 16.3 Å². The average molecular weight is 450 g/mol. The molecule has 6 nitrogen and oxygen atoms in total. The number of halogens is 4. The molecule has 0 N–H and O–H groups in total. The summed E-state index contributed by atoms with van der Waals surface area (Å²) in [7, 11) is -3.77. The van der Waals surface area contributed by atoms with E-state index in [-0.39, 0.29) is 27.7 Å². The van der Waals surface area contributed by atoms with Gasteiger partial charge in [-0.15, -0.1) is 0 Å². The van der Waals surface area contributed by atoms with E-state index >= 15 is 0 Å². The summed E-state index contributed by atoms with van der Waals surface area (Å²) in [6.45, 7) is 1.47. The summed E-state index contributed by atoms with van der Waals surface area (Å²) in [4.78, 5) is 8.24. The molecule has 4 aromatic rings. The Bertz CT molecular complexity index is 1380. The lowest BCUT2D eigenvalue weighted by Gasteiger charge is -2.11. The zero-order valence-electron chi connectivity index (χ0n) is 15.9. The Balaban J connectivity index is 1.88. The minimum atomic E-state index is -4.64. The van der Waals surface area contributed by atoms with Crippen LogP contribution in [0.5, 0.6) is 0 Å². The monoisotopic (exact) mass is 450 g/mol. The van der Waals surface area contributed by atoms with Crippen LogP contribution in [0.1, 0.15) is 12.6 Å². The number of sulfone groups is 1. The summed E-state index contributed by atoms with van der Waals surface area (Å²) in [5, 5.41) is 3.43. The molecule has 11 heteroatoms. The van der Waals surface area contributed by atoms with Crippen molar-refractivity contribution >= 4 is 15.5 Å². The molecule has 0 bridgehead atoms. The normalized spacial score (nSPS) is 12.4. The fraction of sp³-hybridized carbons (Fsp3) is 0.150. The third-order valence-corrected chi connectivity index (χ3v) is 6.34. The Morgan fingerprint density at radius 1 is 1.03 bits per heavy atom. The molecule has 0 fully saturated rings. The van der Waals surface area contributed by atoms with Crippen molar-refractivity contribution in [3.8, 4) is 22.5 Å². The van der Waals surface area contributed by atoms with Crippen LogP contribution in [-0.4, -0.2) is 33.8 Å². The van der Waals surface area contributed by atoms with Crippen molar-refractivity contribution < 1.29 is 26.0 Å². The molecule has 4 rings (SSSR count). The molecule has 1 aromatic carbocycles. The first-order chi connectivity index (χ1) is 14.6. The number of hydrogen-bond donors (Lipinski definition) is 0. The zero-order valence-corrected chi connectivity index (χ0v) is 16.7. The predicted molar refractivity (Wildman–Crippen MR) is 104 cm³/mol. The Labute approximate surface area is 174 Å². The third kappa shape index (κ3) is 4.00. The van der Waals surface area contributed by atoms with Gasteiger partial charge in [-0.25, -0.2) is 22.3 Å². The molecule has 0 aliphatic heterocycles. The van der Waals surface area contributed by atoms with E-state index in [1.165, 1.54) is 55.7 Å². The van der Waals surface area contributed by atoms with Gasteiger partial charge in [0.25, 0.3) is 0 Å². The predicted octanol–water partition coefficient (Wildman–Crippen LogP) is 4.41. The van der Waals surface area contributed by atoms with Gasteiger partial charge in [0.2, 0.25) is 0 Å². The lowest BCUT2D eigenvalue weighted by Crippen LogP contribution is -2.08. The third-order valence-electron chi connectivity index (χ3n) is 4.60. The highest BCUT2D eigenvalue weighted by atomic mass is 32.2. The number of fused-ring (bicyclic) bond motifs is 1. The Morgan fingerprint density at radius 3 is 2.39 bits per heavy atom. The number of rotatable bonds is 4. The highest BCUT2D eigenvalue weighted by Crippen LogP contribution is 2.32. The summed E-state index contributed by atoms with van der Waals surface area (Å²) in [6.07, 6.45) is -1.98. The Morgan fingerprint density at radius 2 is 1.74 bits per heavy atom. The molecule has 0 amide bonds. The first-order valence-electron chi connectivity index (χ1n) is 9.01. The Kier molecular flexibility index (Phi) is 5.00. The lowest BCUT2D eigenvalue weighted by molar-refractivity contribution is -0.141. The number of nitrogens with zero attached hydrogens (tertiary/aromatic N) is 4. The van der Waals surface area contributed by atoms with Gasteiger partial charge < -0.3 is 0 Å². The molecule has 0 saturated heterocycles. The summed E-state index contributed by atoms with van der Waals surface area (Å²) in [6, 6.07) is 8.97. The summed E-state index contributed by atoms with van der Waals surface area (Å²) >= 11 is 0. The smallest absolute Gasteiger partial charge is 0.253 e. The molecule has 0 spiro atoms. The van der Waals surface area contributed by atoms with Crippen LogP contribution in [0.3, 0.4) is 0 Å². The summed E-state index contributed by atoms with van der Waals surface area (Å²) in [5.41, 5.74) is -0.126. The molecule has 0 aliphatic rings. The van der Waals surface area contributed by atoms with Crippen LogP contribution in [0.4, 0.5) is 17.6 Å². The maximum absolute atomic E-state index is 13.2. The second-order valence-electron chi connectivity index (χ2n) is 6.62. The SMILES string of the molecule is CCS(=O)(=O)c1cc(-c2ccc(F)cc2)cnc1-c1ccn2nc(C(F)(F)F)cc2n1. The molecule has 31 heavy (non-hydrogen) atoms. The molecular formula is C20H14F4N4O2S. The minimum absolute atomic E-state index is 0.00460. The van der Waals surface area contributed by atoms with E-state index in [2.05, 4.69) is 15.1 Å². The van der Waals surface area contributed by atoms with Crippen molar-refractivity contribution in [3.63, 3.8) is 0 Å². The molecule has 0 atom stereocenters. The van der Waals surface area contributed by atoms with Gasteiger partial charge >= 0.3 is 6.18 Å². The first kappa shape index (κ1) is 20.9. The van der Waals surface area contributed by atoms with Crippen molar-refractivity contribution in [1.82, 2.24) is 19.6 Å². The number of alkyl halides is 3. The average Bonchev–Trinajstić information content (AvgIpc) is 3.18. The lowest BCUT2D eigenvalue weighted by atomic mass is 10.1.